The first-order valence-electron chi connectivity index (χ1n) is 9.26. The molecule has 2 aromatic rings. The normalized spacial score (nSPS) is 12.2. The third kappa shape index (κ3) is 7.40. The van der Waals surface area contributed by atoms with E-state index < -0.39 is 23.7 Å². The Balaban J connectivity index is 2.18. The first-order valence-corrected chi connectivity index (χ1v) is 9.26. The smallest absolute Gasteiger partial charge is 0.408 e. The van der Waals surface area contributed by atoms with Gasteiger partial charge in [-0.05, 0) is 50.6 Å². The summed E-state index contributed by atoms with van der Waals surface area (Å²) in [5, 5.41) is 14.8. The fourth-order valence-corrected chi connectivity index (χ4v) is 2.44. The first-order chi connectivity index (χ1) is 13.7. The summed E-state index contributed by atoms with van der Waals surface area (Å²) in [5.41, 5.74) is 0.276. The highest BCUT2D eigenvalue weighted by Gasteiger charge is 2.24. The molecule has 1 amide bonds. The van der Waals surface area contributed by atoms with Crippen molar-refractivity contribution in [3.8, 4) is 5.75 Å². The van der Waals surface area contributed by atoms with Crippen molar-refractivity contribution in [1.29, 1.82) is 0 Å². The van der Waals surface area contributed by atoms with E-state index in [4.69, 9.17) is 14.2 Å². The van der Waals surface area contributed by atoms with E-state index in [-0.39, 0.29) is 19.0 Å². The van der Waals surface area contributed by atoms with Gasteiger partial charge in [0.2, 0.25) is 0 Å². The minimum atomic E-state index is -0.649. The number of ether oxygens (including phenoxy) is 3. The Morgan fingerprint density at radius 1 is 1.21 bits per heavy atom. The number of benzene rings is 1. The second-order valence-electron chi connectivity index (χ2n) is 7.23. The van der Waals surface area contributed by atoms with Crippen molar-refractivity contribution in [3.63, 3.8) is 0 Å². The summed E-state index contributed by atoms with van der Waals surface area (Å²) in [5.74, 6) is 0.517. The molecule has 0 aliphatic rings. The molecule has 0 aliphatic heterocycles. The predicted octanol–water partition coefficient (Wildman–Crippen LogP) is 2.05. The maximum atomic E-state index is 12.3. The highest BCUT2D eigenvalue weighted by molar-refractivity contribution is 5.69. The maximum Gasteiger partial charge on any atom is 0.408 e. The Labute approximate surface area is 169 Å². The maximum absolute atomic E-state index is 12.3. The minimum absolute atomic E-state index is 0.164. The molecule has 10 nitrogen and oxygen atoms in total. The van der Waals surface area contributed by atoms with Gasteiger partial charge in [0, 0.05) is 6.42 Å². The average Bonchev–Trinajstić information content (AvgIpc) is 3.08. The summed E-state index contributed by atoms with van der Waals surface area (Å²) >= 11 is 0. The van der Waals surface area contributed by atoms with Crippen molar-refractivity contribution in [2.75, 3.05) is 13.7 Å². The van der Waals surface area contributed by atoms with Crippen molar-refractivity contribution in [3.05, 3.63) is 35.7 Å². The van der Waals surface area contributed by atoms with Gasteiger partial charge in [-0.25, -0.2) is 9.59 Å². The molecule has 1 aromatic carbocycles. The monoisotopic (exact) mass is 405 g/mol. The number of amides is 1. The van der Waals surface area contributed by atoms with Crippen LogP contribution in [-0.2, 0) is 27.2 Å². The molecule has 0 bridgehead atoms. The van der Waals surface area contributed by atoms with Crippen molar-refractivity contribution in [2.45, 2.75) is 52.3 Å². The van der Waals surface area contributed by atoms with E-state index in [0.29, 0.717) is 6.42 Å². The van der Waals surface area contributed by atoms with Crippen LogP contribution in [-0.4, -0.2) is 51.6 Å². The van der Waals surface area contributed by atoms with E-state index >= 15 is 0 Å². The van der Waals surface area contributed by atoms with Gasteiger partial charge in [0.05, 0.1) is 13.7 Å². The molecule has 0 fully saturated rings. The van der Waals surface area contributed by atoms with Crippen LogP contribution in [0.3, 0.4) is 0 Å². The van der Waals surface area contributed by atoms with Crippen LogP contribution in [0.15, 0.2) is 24.3 Å². The molecule has 0 radical (unpaired) electrons. The lowest BCUT2D eigenvalue weighted by Crippen LogP contribution is -2.36. The number of rotatable bonds is 8. The summed E-state index contributed by atoms with van der Waals surface area (Å²) in [6.45, 7) is 7.15. The molecule has 29 heavy (non-hydrogen) atoms. The number of hydrogen-bond donors (Lipinski definition) is 1. The van der Waals surface area contributed by atoms with E-state index in [1.807, 2.05) is 24.3 Å². The van der Waals surface area contributed by atoms with Crippen LogP contribution in [0.1, 0.15) is 45.1 Å². The van der Waals surface area contributed by atoms with Crippen molar-refractivity contribution in [2.24, 2.45) is 0 Å². The average molecular weight is 405 g/mol. The highest BCUT2D eigenvalue weighted by atomic mass is 16.6. The SMILES string of the molecule is CCOC(=O)Cn1nnc([C@H](Cc2ccc(OC)cc2)NC(=O)OC(C)(C)C)n1. The molecule has 0 unspecified atom stereocenters. The number of methoxy groups -OCH3 is 1. The van der Waals surface area contributed by atoms with Crippen LogP contribution in [0, 0.1) is 0 Å². The van der Waals surface area contributed by atoms with Gasteiger partial charge < -0.3 is 19.5 Å². The number of nitrogens with zero attached hydrogens (tertiary/aromatic N) is 4. The van der Waals surface area contributed by atoms with Crippen molar-refractivity contribution >= 4 is 12.1 Å². The van der Waals surface area contributed by atoms with Crippen LogP contribution in [0.25, 0.3) is 0 Å². The molecule has 0 aliphatic carbocycles. The molecule has 10 heteroatoms. The van der Waals surface area contributed by atoms with Gasteiger partial charge >= 0.3 is 12.1 Å². The lowest BCUT2D eigenvalue weighted by molar-refractivity contribution is -0.144. The van der Waals surface area contributed by atoms with Crippen molar-refractivity contribution < 1.29 is 23.8 Å². The van der Waals surface area contributed by atoms with Crippen LogP contribution < -0.4 is 10.1 Å². The summed E-state index contributed by atoms with van der Waals surface area (Å²) in [6, 6.07) is 6.81. The Morgan fingerprint density at radius 2 is 1.90 bits per heavy atom. The first kappa shape index (κ1) is 22.1. The largest absolute Gasteiger partial charge is 0.497 e. The molecule has 0 spiro atoms. The Hall–Kier alpha value is -3.17. The molecule has 1 atom stereocenters. The number of alkyl carbamates (subject to hydrolysis) is 1. The molecule has 1 aromatic heterocycles. The summed E-state index contributed by atoms with van der Waals surface area (Å²) in [6.07, 6.45) is -0.202. The minimum Gasteiger partial charge on any atom is -0.497 e. The Kier molecular flexibility index (Phi) is 7.52. The van der Waals surface area contributed by atoms with E-state index in [1.165, 1.54) is 0 Å². The van der Waals surface area contributed by atoms with E-state index in [2.05, 4.69) is 20.7 Å². The second-order valence-corrected chi connectivity index (χ2v) is 7.23. The van der Waals surface area contributed by atoms with E-state index in [1.54, 1.807) is 34.8 Å². The third-order valence-corrected chi connectivity index (χ3v) is 3.65. The number of aromatic nitrogens is 4. The number of hydrogen-bond acceptors (Lipinski definition) is 8. The fraction of sp³-hybridized carbons (Fsp3) is 0.526. The van der Waals surface area contributed by atoms with Crippen LogP contribution in [0.5, 0.6) is 5.75 Å². The number of esters is 1. The molecular formula is C19H27N5O5. The standard InChI is InChI=1S/C19H27N5O5/c1-6-28-16(25)12-24-22-17(21-23-24)15(20-18(26)29-19(2,3)4)11-13-7-9-14(27-5)10-8-13/h7-10,15H,6,11-12H2,1-5H3,(H,20,26)/t15-/m0/s1. The molecule has 0 saturated heterocycles. The Morgan fingerprint density at radius 3 is 2.48 bits per heavy atom. The van der Waals surface area contributed by atoms with Gasteiger partial charge in [0.25, 0.3) is 0 Å². The Bertz CT molecular complexity index is 813. The molecular weight excluding hydrogens is 378 g/mol. The van der Waals surface area contributed by atoms with Crippen LogP contribution in [0.2, 0.25) is 0 Å². The molecule has 158 valence electrons. The van der Waals surface area contributed by atoms with Gasteiger partial charge in [0.15, 0.2) is 12.4 Å². The zero-order valence-corrected chi connectivity index (χ0v) is 17.3. The number of nitrogens with one attached hydrogen (secondary N) is 1. The highest BCUT2D eigenvalue weighted by Crippen LogP contribution is 2.19. The molecule has 2 rings (SSSR count). The fourth-order valence-electron chi connectivity index (χ4n) is 2.44. The van der Waals surface area contributed by atoms with Crippen LogP contribution >= 0.6 is 0 Å². The summed E-state index contributed by atoms with van der Waals surface area (Å²) in [7, 11) is 1.59. The summed E-state index contributed by atoms with van der Waals surface area (Å²) in [4.78, 5) is 25.0. The molecule has 0 saturated carbocycles. The number of carbonyl (C=O) groups excluding carboxylic acids is 2. The van der Waals surface area contributed by atoms with Crippen molar-refractivity contribution in [1.82, 2.24) is 25.5 Å². The van der Waals surface area contributed by atoms with Gasteiger partial charge in [-0.1, -0.05) is 12.1 Å². The quantitative estimate of drug-likeness (QED) is 0.663. The van der Waals surface area contributed by atoms with Gasteiger partial charge in [-0.2, -0.15) is 4.80 Å². The lowest BCUT2D eigenvalue weighted by Gasteiger charge is -2.22. The van der Waals surface area contributed by atoms with Gasteiger partial charge in [-0.3, -0.25) is 0 Å². The zero-order chi connectivity index (χ0) is 21.4. The zero-order valence-electron chi connectivity index (χ0n) is 17.3. The number of tetrazole rings is 1. The predicted molar refractivity (Wildman–Crippen MR) is 103 cm³/mol. The van der Waals surface area contributed by atoms with E-state index in [0.717, 1.165) is 16.1 Å². The van der Waals surface area contributed by atoms with Gasteiger partial charge in [-0.15, -0.1) is 10.2 Å². The second kappa shape index (κ2) is 9.85. The van der Waals surface area contributed by atoms with E-state index in [9.17, 15) is 9.59 Å². The van der Waals surface area contributed by atoms with Crippen LogP contribution in [0.4, 0.5) is 4.79 Å². The molecule has 1 N–H and O–H groups in total. The van der Waals surface area contributed by atoms with Gasteiger partial charge in [0.1, 0.15) is 17.4 Å². The number of carbonyl (C=O) groups is 2. The third-order valence-electron chi connectivity index (χ3n) is 3.65. The topological polar surface area (TPSA) is 117 Å². The molecule has 1 heterocycles. The lowest BCUT2D eigenvalue weighted by atomic mass is 10.1. The summed E-state index contributed by atoms with van der Waals surface area (Å²) < 4.78 is 15.4.